The number of halogens is 1. The van der Waals surface area contributed by atoms with Crippen molar-refractivity contribution in [3.63, 3.8) is 0 Å². The molecule has 2 N–H and O–H groups in total. The topological polar surface area (TPSA) is 49.2 Å². The largest absolute Gasteiger partial charge is 0.378 e. The van der Waals surface area contributed by atoms with Gasteiger partial charge in [-0.15, -0.1) is 0 Å². The van der Waals surface area contributed by atoms with Gasteiger partial charge in [-0.2, -0.15) is 0 Å². The van der Waals surface area contributed by atoms with Crippen LogP contribution in [0.15, 0.2) is 48.5 Å². The van der Waals surface area contributed by atoms with E-state index in [1.165, 1.54) is 29.7 Å². The van der Waals surface area contributed by atoms with Crippen molar-refractivity contribution in [3.05, 3.63) is 59.9 Å². The third-order valence-electron chi connectivity index (χ3n) is 5.68. The molecule has 0 aromatic heterocycles. The van der Waals surface area contributed by atoms with Gasteiger partial charge in [0.05, 0.1) is 32.7 Å². The molecule has 162 valence electrons. The molecule has 2 aromatic carbocycles. The third-order valence-corrected chi connectivity index (χ3v) is 5.68. The number of hydrogen-bond acceptors (Lipinski definition) is 4. The fourth-order valence-corrected chi connectivity index (χ4v) is 3.95. The Kier molecular flexibility index (Phi) is 7.65. The van der Waals surface area contributed by atoms with E-state index in [0.717, 1.165) is 37.6 Å². The number of piperazine rings is 1. The van der Waals surface area contributed by atoms with Crippen molar-refractivity contribution in [2.24, 2.45) is 0 Å². The van der Waals surface area contributed by atoms with Crippen LogP contribution in [0.25, 0.3) is 0 Å². The Labute approximate surface area is 178 Å². The zero-order valence-electron chi connectivity index (χ0n) is 18.0. The minimum Gasteiger partial charge on any atom is -0.378 e. The molecular formula is C23H32FN4O2+. The molecule has 0 bridgehead atoms. The Morgan fingerprint density at radius 3 is 2.33 bits per heavy atom. The SMILES string of the molecule is COCC(=O)NC[C@@H](c1ccc(N(C)C)cc1)[NH+]1CCN(c2ccc(F)cc2)CC1. The Bertz CT molecular complexity index is 803. The molecule has 6 nitrogen and oxygen atoms in total. The number of ether oxygens (including phenoxy) is 1. The van der Waals surface area contributed by atoms with Crippen molar-refractivity contribution < 1.29 is 18.8 Å². The van der Waals surface area contributed by atoms with Crippen LogP contribution in [0, 0.1) is 5.82 Å². The van der Waals surface area contributed by atoms with Crippen LogP contribution in [0.2, 0.25) is 0 Å². The fraction of sp³-hybridized carbons (Fsp3) is 0.435. The monoisotopic (exact) mass is 415 g/mol. The fourth-order valence-electron chi connectivity index (χ4n) is 3.95. The van der Waals surface area contributed by atoms with Crippen molar-refractivity contribution >= 4 is 17.3 Å². The average Bonchev–Trinajstić information content (AvgIpc) is 2.75. The Morgan fingerprint density at radius 2 is 1.77 bits per heavy atom. The summed E-state index contributed by atoms with van der Waals surface area (Å²) in [5, 5.41) is 3.02. The zero-order valence-corrected chi connectivity index (χ0v) is 18.0. The number of carbonyl (C=O) groups is 1. The van der Waals surface area contributed by atoms with Gasteiger partial charge in [0.2, 0.25) is 5.91 Å². The van der Waals surface area contributed by atoms with Gasteiger partial charge in [0.25, 0.3) is 0 Å². The molecule has 2 aromatic rings. The van der Waals surface area contributed by atoms with Crippen molar-refractivity contribution in [1.82, 2.24) is 5.32 Å². The molecule has 1 atom stereocenters. The molecule has 0 unspecified atom stereocenters. The van der Waals surface area contributed by atoms with E-state index in [9.17, 15) is 9.18 Å². The maximum absolute atomic E-state index is 13.2. The molecule has 1 saturated heterocycles. The molecule has 1 heterocycles. The Morgan fingerprint density at radius 1 is 1.13 bits per heavy atom. The molecule has 1 amide bonds. The maximum atomic E-state index is 13.2. The smallest absolute Gasteiger partial charge is 0.246 e. The summed E-state index contributed by atoms with van der Waals surface area (Å²) in [4.78, 5) is 17.8. The summed E-state index contributed by atoms with van der Waals surface area (Å²) >= 11 is 0. The second kappa shape index (κ2) is 10.4. The number of rotatable bonds is 8. The normalized spacial score (nSPS) is 15.7. The molecule has 0 radical (unpaired) electrons. The van der Waals surface area contributed by atoms with Crippen molar-refractivity contribution in [2.45, 2.75) is 6.04 Å². The van der Waals surface area contributed by atoms with E-state index in [4.69, 9.17) is 4.74 Å². The molecule has 0 aliphatic carbocycles. The van der Waals surface area contributed by atoms with Crippen LogP contribution in [-0.4, -0.2) is 66.4 Å². The highest BCUT2D eigenvalue weighted by atomic mass is 19.1. The van der Waals surface area contributed by atoms with Gasteiger partial charge in [-0.25, -0.2) is 4.39 Å². The molecule has 7 heteroatoms. The number of benzene rings is 2. The quantitative estimate of drug-likeness (QED) is 0.678. The molecule has 1 aliphatic rings. The molecular weight excluding hydrogens is 383 g/mol. The van der Waals surface area contributed by atoms with Crippen LogP contribution in [-0.2, 0) is 9.53 Å². The minimum atomic E-state index is -0.212. The number of methoxy groups -OCH3 is 1. The lowest BCUT2D eigenvalue weighted by Crippen LogP contribution is -3.15. The van der Waals surface area contributed by atoms with E-state index < -0.39 is 0 Å². The standard InChI is InChI=1S/C23H31FN4O2/c1-26(2)20-8-4-18(5-9-20)22(16-25-23(29)17-30-3)28-14-12-27(13-15-28)21-10-6-19(24)7-11-21/h4-11,22H,12-17H2,1-3H3,(H,25,29)/p+1/t22-/m0/s1. The first kappa shape index (κ1) is 22.1. The lowest BCUT2D eigenvalue weighted by atomic mass is 10.0. The summed E-state index contributed by atoms with van der Waals surface area (Å²) in [6.45, 7) is 4.29. The summed E-state index contributed by atoms with van der Waals surface area (Å²) in [5.74, 6) is -0.312. The van der Waals surface area contributed by atoms with Gasteiger partial charge in [0.1, 0.15) is 18.5 Å². The predicted molar refractivity (Wildman–Crippen MR) is 118 cm³/mol. The molecule has 3 rings (SSSR count). The molecule has 0 spiro atoms. The first-order chi connectivity index (χ1) is 14.5. The molecule has 30 heavy (non-hydrogen) atoms. The summed E-state index contributed by atoms with van der Waals surface area (Å²) in [6.07, 6.45) is 0. The lowest BCUT2D eigenvalue weighted by Gasteiger charge is -2.38. The number of nitrogens with zero attached hydrogens (tertiary/aromatic N) is 2. The summed E-state index contributed by atoms with van der Waals surface area (Å²) < 4.78 is 18.2. The highest BCUT2D eigenvalue weighted by molar-refractivity contribution is 5.77. The highest BCUT2D eigenvalue weighted by Gasteiger charge is 2.29. The van der Waals surface area contributed by atoms with Gasteiger partial charge in [-0.1, -0.05) is 12.1 Å². The summed E-state index contributed by atoms with van der Waals surface area (Å²) in [6, 6.07) is 15.4. The predicted octanol–water partition coefficient (Wildman–Crippen LogP) is 1.10. The van der Waals surface area contributed by atoms with Gasteiger partial charge >= 0.3 is 0 Å². The van der Waals surface area contributed by atoms with E-state index in [0.29, 0.717) is 6.54 Å². The van der Waals surface area contributed by atoms with Crippen LogP contribution < -0.4 is 20.0 Å². The summed E-state index contributed by atoms with van der Waals surface area (Å²) in [7, 11) is 5.58. The second-order valence-electron chi connectivity index (χ2n) is 7.90. The van der Waals surface area contributed by atoms with E-state index in [1.807, 2.05) is 26.2 Å². The lowest BCUT2D eigenvalue weighted by molar-refractivity contribution is -0.931. The number of anilines is 2. The van der Waals surface area contributed by atoms with Gasteiger partial charge in [0.15, 0.2) is 0 Å². The second-order valence-corrected chi connectivity index (χ2v) is 7.90. The minimum absolute atomic E-state index is 0.0694. The summed E-state index contributed by atoms with van der Waals surface area (Å²) in [5.41, 5.74) is 3.41. The number of quaternary nitrogens is 1. The maximum Gasteiger partial charge on any atom is 0.246 e. The van der Waals surface area contributed by atoms with Crippen LogP contribution in [0.4, 0.5) is 15.8 Å². The Balaban J connectivity index is 1.70. The number of carbonyl (C=O) groups excluding carboxylic acids is 1. The van der Waals surface area contributed by atoms with Crippen molar-refractivity contribution in [2.75, 3.05) is 70.3 Å². The van der Waals surface area contributed by atoms with Crippen LogP contribution in [0.1, 0.15) is 11.6 Å². The first-order valence-electron chi connectivity index (χ1n) is 10.4. The van der Waals surface area contributed by atoms with Crippen LogP contribution in [0.5, 0.6) is 0 Å². The van der Waals surface area contributed by atoms with Gasteiger partial charge in [0, 0.05) is 38.1 Å². The molecule has 0 saturated carbocycles. The zero-order chi connectivity index (χ0) is 21.5. The van der Waals surface area contributed by atoms with E-state index >= 15 is 0 Å². The van der Waals surface area contributed by atoms with E-state index in [2.05, 4.69) is 39.4 Å². The van der Waals surface area contributed by atoms with Gasteiger partial charge in [-0.3, -0.25) is 4.79 Å². The first-order valence-corrected chi connectivity index (χ1v) is 10.4. The number of amides is 1. The van der Waals surface area contributed by atoms with Crippen LogP contribution in [0.3, 0.4) is 0 Å². The highest BCUT2D eigenvalue weighted by Crippen LogP contribution is 2.18. The molecule has 1 aliphatic heterocycles. The number of hydrogen-bond donors (Lipinski definition) is 2. The van der Waals surface area contributed by atoms with Gasteiger partial charge < -0.3 is 24.8 Å². The average molecular weight is 416 g/mol. The van der Waals surface area contributed by atoms with Gasteiger partial charge in [-0.05, 0) is 36.4 Å². The molecule has 1 fully saturated rings. The number of nitrogens with one attached hydrogen (secondary N) is 2. The van der Waals surface area contributed by atoms with E-state index in [-0.39, 0.29) is 24.4 Å². The van der Waals surface area contributed by atoms with E-state index in [1.54, 1.807) is 0 Å². The third kappa shape index (κ3) is 5.70. The Hall–Kier alpha value is -2.64. The van der Waals surface area contributed by atoms with Crippen molar-refractivity contribution in [3.8, 4) is 0 Å². The van der Waals surface area contributed by atoms with Crippen molar-refractivity contribution in [1.29, 1.82) is 0 Å². The van der Waals surface area contributed by atoms with Crippen LogP contribution >= 0.6 is 0 Å².